The van der Waals surface area contributed by atoms with Gasteiger partial charge in [0.15, 0.2) is 0 Å². The van der Waals surface area contributed by atoms with Crippen molar-refractivity contribution in [1.29, 1.82) is 0 Å². The Kier molecular flexibility index (Phi) is 5.19. The first-order chi connectivity index (χ1) is 6.83. The lowest BCUT2D eigenvalue weighted by Gasteiger charge is -2.06. The van der Waals surface area contributed by atoms with Crippen LogP contribution in [0.25, 0.3) is 0 Å². The van der Waals surface area contributed by atoms with E-state index in [4.69, 9.17) is 9.84 Å². The van der Waals surface area contributed by atoms with Crippen molar-refractivity contribution in [2.75, 3.05) is 13.3 Å². The summed E-state index contributed by atoms with van der Waals surface area (Å²) in [5.74, 6) is 0. The van der Waals surface area contributed by atoms with Crippen molar-refractivity contribution >= 4 is 0 Å². The molecule has 0 aliphatic carbocycles. The molecule has 0 radical (unpaired) electrons. The number of rotatable bonds is 6. The molecule has 0 saturated carbocycles. The van der Waals surface area contributed by atoms with Gasteiger partial charge in [-0.2, -0.15) is 0 Å². The van der Waals surface area contributed by atoms with Gasteiger partial charge in [-0.15, -0.1) is 0 Å². The molecule has 0 heterocycles. The highest BCUT2D eigenvalue weighted by atomic mass is 19.1. The second-order valence-electron chi connectivity index (χ2n) is 3.13. The molecule has 0 saturated heterocycles. The molecule has 1 aromatic carbocycles. The Morgan fingerprint density at radius 1 is 1.29 bits per heavy atom. The van der Waals surface area contributed by atoms with Gasteiger partial charge in [0.25, 0.3) is 0 Å². The maximum absolute atomic E-state index is 11.8. The summed E-state index contributed by atoms with van der Waals surface area (Å²) in [6.07, 6.45) is -0.533. The summed E-state index contributed by atoms with van der Waals surface area (Å²) in [7, 11) is 0. The van der Waals surface area contributed by atoms with Gasteiger partial charge in [0.05, 0.1) is 12.7 Å². The lowest BCUT2D eigenvalue weighted by molar-refractivity contribution is 0.0623. The monoisotopic (exact) mass is 198 g/mol. The third-order valence-electron chi connectivity index (χ3n) is 1.89. The smallest absolute Gasteiger partial charge is 0.115 e. The molecule has 0 aliphatic rings. The van der Waals surface area contributed by atoms with Crippen LogP contribution in [0.1, 0.15) is 12.0 Å². The van der Waals surface area contributed by atoms with Crippen molar-refractivity contribution in [3.05, 3.63) is 35.9 Å². The van der Waals surface area contributed by atoms with Crippen molar-refractivity contribution in [3.8, 4) is 0 Å². The van der Waals surface area contributed by atoms with Crippen LogP contribution in [0.5, 0.6) is 0 Å². The second-order valence-corrected chi connectivity index (χ2v) is 3.13. The van der Waals surface area contributed by atoms with Gasteiger partial charge >= 0.3 is 0 Å². The third-order valence-corrected chi connectivity index (χ3v) is 1.89. The summed E-state index contributed by atoms with van der Waals surface area (Å²) in [6.45, 7) is 0.203. The molecule has 1 aromatic rings. The van der Waals surface area contributed by atoms with E-state index in [0.29, 0.717) is 19.6 Å². The SMILES string of the molecule is OC(CF)CCOCc1ccccc1. The molecular formula is C11H15FO2. The number of hydrogen-bond donors (Lipinski definition) is 1. The first kappa shape index (κ1) is 11.1. The molecule has 1 rings (SSSR count). The zero-order chi connectivity index (χ0) is 10.2. The second kappa shape index (κ2) is 6.51. The highest BCUT2D eigenvalue weighted by molar-refractivity contribution is 5.13. The predicted molar refractivity (Wildman–Crippen MR) is 52.7 cm³/mol. The van der Waals surface area contributed by atoms with E-state index in [-0.39, 0.29) is 0 Å². The fraction of sp³-hybridized carbons (Fsp3) is 0.455. The van der Waals surface area contributed by atoms with Crippen LogP contribution in [0.2, 0.25) is 0 Å². The molecule has 14 heavy (non-hydrogen) atoms. The van der Waals surface area contributed by atoms with Crippen LogP contribution in [0.15, 0.2) is 30.3 Å². The van der Waals surface area contributed by atoms with E-state index in [1.807, 2.05) is 30.3 Å². The quantitative estimate of drug-likeness (QED) is 0.708. The third kappa shape index (κ3) is 4.35. The molecule has 3 heteroatoms. The number of ether oxygens (including phenoxy) is 1. The summed E-state index contributed by atoms with van der Waals surface area (Å²) in [6, 6.07) is 9.75. The maximum atomic E-state index is 11.8. The van der Waals surface area contributed by atoms with Gasteiger partial charge in [0, 0.05) is 6.61 Å². The highest BCUT2D eigenvalue weighted by Crippen LogP contribution is 2.01. The molecule has 0 amide bonds. The summed E-state index contributed by atoms with van der Waals surface area (Å²) >= 11 is 0. The predicted octanol–water partition coefficient (Wildman–Crippen LogP) is 1.92. The van der Waals surface area contributed by atoms with Gasteiger partial charge in [-0.1, -0.05) is 30.3 Å². The van der Waals surface area contributed by atoms with Crippen LogP contribution in [0.3, 0.4) is 0 Å². The van der Waals surface area contributed by atoms with E-state index in [1.165, 1.54) is 0 Å². The molecule has 1 atom stereocenters. The first-order valence-corrected chi connectivity index (χ1v) is 4.68. The van der Waals surface area contributed by atoms with E-state index in [9.17, 15) is 4.39 Å². The van der Waals surface area contributed by atoms with Gasteiger partial charge in [0.2, 0.25) is 0 Å². The Morgan fingerprint density at radius 3 is 2.64 bits per heavy atom. The largest absolute Gasteiger partial charge is 0.390 e. The standard InChI is InChI=1S/C11H15FO2/c12-8-11(13)6-7-14-9-10-4-2-1-3-5-10/h1-5,11,13H,6-9H2. The van der Waals surface area contributed by atoms with Crippen LogP contribution < -0.4 is 0 Å². The number of halogens is 1. The normalized spacial score (nSPS) is 12.7. The molecule has 0 fully saturated rings. The van der Waals surface area contributed by atoms with Crippen LogP contribution in [0, 0.1) is 0 Å². The summed E-state index contributed by atoms with van der Waals surface area (Å²) in [5, 5.41) is 8.90. The number of hydrogen-bond acceptors (Lipinski definition) is 2. The number of alkyl halides is 1. The van der Waals surface area contributed by atoms with Gasteiger partial charge in [0.1, 0.15) is 6.67 Å². The van der Waals surface area contributed by atoms with Gasteiger partial charge in [-0.3, -0.25) is 0 Å². The lowest BCUT2D eigenvalue weighted by atomic mass is 10.2. The summed E-state index contributed by atoms with van der Waals surface area (Å²) in [4.78, 5) is 0. The van der Waals surface area contributed by atoms with E-state index >= 15 is 0 Å². The highest BCUT2D eigenvalue weighted by Gasteiger charge is 2.01. The number of aliphatic hydroxyl groups is 1. The fourth-order valence-corrected chi connectivity index (χ4v) is 1.06. The van der Waals surface area contributed by atoms with Crippen molar-refractivity contribution in [2.24, 2.45) is 0 Å². The minimum absolute atomic E-state index is 0.351. The Hall–Kier alpha value is -0.930. The Morgan fingerprint density at radius 2 is 2.00 bits per heavy atom. The average Bonchev–Trinajstić information content (AvgIpc) is 2.25. The van der Waals surface area contributed by atoms with Gasteiger partial charge in [-0.05, 0) is 12.0 Å². The first-order valence-electron chi connectivity index (χ1n) is 4.68. The van der Waals surface area contributed by atoms with Crippen molar-refractivity contribution in [1.82, 2.24) is 0 Å². The minimum Gasteiger partial charge on any atom is -0.390 e. The van der Waals surface area contributed by atoms with E-state index in [0.717, 1.165) is 5.56 Å². The molecule has 0 aliphatic heterocycles. The van der Waals surface area contributed by atoms with Crippen LogP contribution in [-0.2, 0) is 11.3 Å². The molecule has 0 aromatic heterocycles. The Balaban J connectivity index is 2.10. The van der Waals surface area contributed by atoms with Crippen LogP contribution in [-0.4, -0.2) is 24.5 Å². The molecule has 1 N–H and O–H groups in total. The van der Waals surface area contributed by atoms with Gasteiger partial charge in [-0.25, -0.2) is 4.39 Å². The molecule has 0 spiro atoms. The maximum Gasteiger partial charge on any atom is 0.115 e. The molecular weight excluding hydrogens is 183 g/mol. The fourth-order valence-electron chi connectivity index (χ4n) is 1.06. The number of aliphatic hydroxyl groups excluding tert-OH is 1. The Labute approximate surface area is 83.3 Å². The topological polar surface area (TPSA) is 29.5 Å². The van der Waals surface area contributed by atoms with E-state index in [1.54, 1.807) is 0 Å². The average molecular weight is 198 g/mol. The minimum atomic E-state index is -0.884. The van der Waals surface area contributed by atoms with Crippen molar-refractivity contribution < 1.29 is 14.2 Å². The Bertz CT molecular complexity index is 238. The number of benzene rings is 1. The summed E-state index contributed by atoms with van der Waals surface area (Å²) < 4.78 is 17.1. The molecule has 2 nitrogen and oxygen atoms in total. The van der Waals surface area contributed by atoms with Gasteiger partial charge < -0.3 is 9.84 Å². The van der Waals surface area contributed by atoms with Crippen LogP contribution in [0.4, 0.5) is 4.39 Å². The molecule has 78 valence electrons. The van der Waals surface area contributed by atoms with Crippen LogP contribution >= 0.6 is 0 Å². The van der Waals surface area contributed by atoms with Crippen molar-refractivity contribution in [2.45, 2.75) is 19.1 Å². The lowest BCUT2D eigenvalue weighted by Crippen LogP contribution is -2.12. The summed E-state index contributed by atoms with van der Waals surface area (Å²) in [5.41, 5.74) is 1.09. The zero-order valence-electron chi connectivity index (χ0n) is 8.03. The van der Waals surface area contributed by atoms with E-state index < -0.39 is 12.8 Å². The molecule has 0 bridgehead atoms. The van der Waals surface area contributed by atoms with E-state index in [2.05, 4.69) is 0 Å². The zero-order valence-corrected chi connectivity index (χ0v) is 8.03. The molecule has 1 unspecified atom stereocenters. The van der Waals surface area contributed by atoms with Crippen molar-refractivity contribution in [3.63, 3.8) is 0 Å².